The fourth-order valence-electron chi connectivity index (χ4n) is 4.21. The number of hydrogen-bond donors (Lipinski definition) is 2. The van der Waals surface area contributed by atoms with Crippen molar-refractivity contribution < 1.29 is 9.68 Å². The van der Waals surface area contributed by atoms with E-state index in [0.717, 1.165) is 49.7 Å². The van der Waals surface area contributed by atoms with Crippen molar-refractivity contribution in [2.45, 2.75) is 50.5 Å². The minimum atomic E-state index is -0.248. The predicted molar refractivity (Wildman–Crippen MR) is 110 cm³/mol. The molecule has 0 amide bonds. The van der Waals surface area contributed by atoms with E-state index >= 15 is 0 Å². The highest BCUT2D eigenvalue weighted by Crippen LogP contribution is 2.34. The van der Waals surface area contributed by atoms with Crippen LogP contribution in [0.2, 0.25) is 0 Å². The molecule has 2 aliphatic heterocycles. The second-order valence-electron chi connectivity index (χ2n) is 7.89. The van der Waals surface area contributed by atoms with Crippen LogP contribution in [0.1, 0.15) is 50.5 Å². The highest BCUT2D eigenvalue weighted by molar-refractivity contribution is 7.80. The summed E-state index contributed by atoms with van der Waals surface area (Å²) in [6.45, 7) is 2.53. The van der Waals surface area contributed by atoms with Crippen molar-refractivity contribution in [2.75, 3.05) is 19.6 Å². The van der Waals surface area contributed by atoms with Gasteiger partial charge in [-0.15, -0.1) is 5.06 Å². The lowest BCUT2D eigenvalue weighted by Gasteiger charge is -2.35. The molecule has 0 aromatic heterocycles. The standard InChI is InChI=1S/C21H29N3O2S/c27-20(22-16-17-7-3-1-4-8-17)25-24-13-11-21(12-14-24)15-19(23-26-21)18-9-5-2-6-10-18/h2,5-6,9-10,15,17,23H,1,3-4,7-8,11-14,16H2,(H,22,27). The number of thiocarbonyl (C=S) groups is 1. The van der Waals surface area contributed by atoms with Gasteiger partial charge in [-0.3, -0.25) is 10.3 Å². The van der Waals surface area contributed by atoms with Crippen molar-refractivity contribution >= 4 is 23.1 Å². The summed E-state index contributed by atoms with van der Waals surface area (Å²) in [4.78, 5) is 11.8. The molecule has 0 radical (unpaired) electrons. The molecule has 146 valence electrons. The molecule has 4 rings (SSSR count). The van der Waals surface area contributed by atoms with Gasteiger partial charge in [0.05, 0.1) is 5.70 Å². The van der Waals surface area contributed by atoms with Crippen LogP contribution in [0.25, 0.3) is 5.70 Å². The molecule has 1 aliphatic carbocycles. The maximum Gasteiger partial charge on any atom is 0.278 e. The average Bonchev–Trinajstić information content (AvgIpc) is 3.14. The lowest BCUT2D eigenvalue weighted by atomic mass is 9.89. The Morgan fingerprint density at radius 1 is 1.19 bits per heavy atom. The first-order chi connectivity index (χ1) is 13.2. The lowest BCUT2D eigenvalue weighted by Crippen LogP contribution is -2.46. The van der Waals surface area contributed by atoms with Gasteiger partial charge in [0.1, 0.15) is 5.60 Å². The number of rotatable bonds is 4. The molecule has 2 fully saturated rings. The Hall–Kier alpha value is -1.63. The Kier molecular flexibility index (Phi) is 5.95. The minimum Gasteiger partial charge on any atom is -0.376 e. The van der Waals surface area contributed by atoms with Gasteiger partial charge >= 0.3 is 0 Å². The van der Waals surface area contributed by atoms with Gasteiger partial charge < -0.3 is 10.2 Å². The molecule has 0 atom stereocenters. The molecule has 2 N–H and O–H groups in total. The van der Waals surface area contributed by atoms with Crippen molar-refractivity contribution in [3.63, 3.8) is 0 Å². The third-order valence-corrected chi connectivity index (χ3v) is 6.12. The normalized spacial score (nSPS) is 22.9. The summed E-state index contributed by atoms with van der Waals surface area (Å²) in [6.07, 6.45) is 10.7. The number of nitrogens with zero attached hydrogens (tertiary/aromatic N) is 1. The summed E-state index contributed by atoms with van der Waals surface area (Å²) in [5.74, 6) is 0.740. The molecular weight excluding hydrogens is 358 g/mol. The minimum absolute atomic E-state index is 0.248. The number of benzene rings is 1. The molecule has 5 nitrogen and oxygen atoms in total. The first kappa shape index (κ1) is 18.7. The van der Waals surface area contributed by atoms with Crippen LogP contribution in [-0.4, -0.2) is 35.5 Å². The van der Waals surface area contributed by atoms with Gasteiger partial charge in [-0.2, -0.15) is 0 Å². The molecule has 6 heteroatoms. The number of hydroxylamine groups is 3. The molecule has 1 saturated carbocycles. The first-order valence-electron chi connectivity index (χ1n) is 10.2. The Bertz CT molecular complexity index is 665. The molecule has 1 spiro atoms. The third-order valence-electron chi connectivity index (χ3n) is 5.90. The van der Waals surface area contributed by atoms with Crippen LogP contribution in [-0.2, 0) is 9.68 Å². The van der Waals surface area contributed by atoms with Crippen LogP contribution in [0.4, 0.5) is 0 Å². The van der Waals surface area contributed by atoms with Crippen LogP contribution >= 0.6 is 12.2 Å². The van der Waals surface area contributed by atoms with E-state index in [9.17, 15) is 0 Å². The van der Waals surface area contributed by atoms with Gasteiger partial charge in [-0.25, -0.2) is 0 Å². The topological polar surface area (TPSA) is 45.8 Å². The molecule has 1 aromatic carbocycles. The molecule has 0 unspecified atom stereocenters. The summed E-state index contributed by atoms with van der Waals surface area (Å²) < 4.78 is 0. The number of nitrogens with one attached hydrogen (secondary N) is 2. The van der Waals surface area contributed by atoms with E-state index in [-0.39, 0.29) is 5.60 Å². The third kappa shape index (κ3) is 4.81. The van der Waals surface area contributed by atoms with Crippen molar-refractivity contribution in [1.29, 1.82) is 0 Å². The van der Waals surface area contributed by atoms with E-state index < -0.39 is 0 Å². The monoisotopic (exact) mass is 387 g/mol. The second-order valence-corrected chi connectivity index (χ2v) is 8.26. The molecule has 1 aromatic rings. The van der Waals surface area contributed by atoms with E-state index in [1.165, 1.54) is 32.1 Å². The van der Waals surface area contributed by atoms with Gasteiger partial charge in [-0.1, -0.05) is 49.6 Å². The highest BCUT2D eigenvalue weighted by atomic mass is 32.1. The van der Waals surface area contributed by atoms with Crippen molar-refractivity contribution in [2.24, 2.45) is 5.92 Å². The van der Waals surface area contributed by atoms with E-state index in [1.807, 2.05) is 23.3 Å². The summed E-state index contributed by atoms with van der Waals surface area (Å²) in [5.41, 5.74) is 5.07. The summed E-state index contributed by atoms with van der Waals surface area (Å²) in [5, 5.41) is 5.76. The molecule has 3 aliphatic rings. The fraction of sp³-hybridized carbons (Fsp3) is 0.571. The first-order valence-corrected chi connectivity index (χ1v) is 10.6. The summed E-state index contributed by atoms with van der Waals surface area (Å²) in [6, 6.07) is 10.3. The molecule has 2 heterocycles. The largest absolute Gasteiger partial charge is 0.376 e. The zero-order valence-corrected chi connectivity index (χ0v) is 16.6. The van der Waals surface area contributed by atoms with E-state index in [0.29, 0.717) is 5.17 Å². The van der Waals surface area contributed by atoms with Gasteiger partial charge in [-0.05, 0) is 55.5 Å². The van der Waals surface area contributed by atoms with E-state index in [2.05, 4.69) is 29.0 Å². The van der Waals surface area contributed by atoms with Gasteiger partial charge in [0.15, 0.2) is 0 Å². The summed E-state index contributed by atoms with van der Waals surface area (Å²) >= 11 is 5.38. The van der Waals surface area contributed by atoms with Gasteiger partial charge in [0.2, 0.25) is 0 Å². The Labute approximate surface area is 167 Å². The zero-order chi connectivity index (χ0) is 18.5. The number of hydrogen-bond acceptors (Lipinski definition) is 5. The average molecular weight is 388 g/mol. The maximum absolute atomic E-state index is 5.96. The fourth-order valence-corrected chi connectivity index (χ4v) is 4.40. The molecule has 1 saturated heterocycles. The molecular formula is C21H29N3O2S. The van der Waals surface area contributed by atoms with Crippen LogP contribution in [0.15, 0.2) is 36.4 Å². The van der Waals surface area contributed by atoms with Crippen molar-refractivity contribution in [3.8, 4) is 0 Å². The highest BCUT2D eigenvalue weighted by Gasteiger charge is 2.39. The Morgan fingerprint density at radius 2 is 1.93 bits per heavy atom. The van der Waals surface area contributed by atoms with Crippen LogP contribution < -0.4 is 10.8 Å². The van der Waals surface area contributed by atoms with Crippen LogP contribution in [0.5, 0.6) is 0 Å². The summed E-state index contributed by atoms with van der Waals surface area (Å²) in [7, 11) is 0. The van der Waals surface area contributed by atoms with Gasteiger partial charge in [0.25, 0.3) is 5.17 Å². The second kappa shape index (κ2) is 8.59. The quantitative estimate of drug-likeness (QED) is 0.767. The van der Waals surface area contributed by atoms with Crippen molar-refractivity contribution in [3.05, 3.63) is 42.0 Å². The van der Waals surface area contributed by atoms with Gasteiger partial charge in [0, 0.05) is 19.6 Å². The number of piperidine rings is 1. The van der Waals surface area contributed by atoms with Crippen molar-refractivity contribution in [1.82, 2.24) is 15.9 Å². The lowest BCUT2D eigenvalue weighted by molar-refractivity contribution is -0.144. The predicted octanol–water partition coefficient (Wildman–Crippen LogP) is 3.78. The Balaban J connectivity index is 1.23. The SMILES string of the molecule is S=C(NCC1CCCCC1)ON1CCC2(C=C(c3ccccc3)NO2)CC1. The Morgan fingerprint density at radius 3 is 2.67 bits per heavy atom. The van der Waals surface area contributed by atoms with E-state index in [4.69, 9.17) is 21.9 Å². The molecule has 27 heavy (non-hydrogen) atoms. The molecule has 0 bridgehead atoms. The zero-order valence-electron chi connectivity index (χ0n) is 15.8. The smallest absolute Gasteiger partial charge is 0.278 e. The van der Waals surface area contributed by atoms with Crippen LogP contribution in [0, 0.1) is 5.92 Å². The maximum atomic E-state index is 5.96. The van der Waals surface area contributed by atoms with E-state index in [1.54, 1.807) is 0 Å². The van der Waals surface area contributed by atoms with Crippen LogP contribution in [0.3, 0.4) is 0 Å².